The fourth-order valence-corrected chi connectivity index (χ4v) is 4.87. The number of anilines is 1. The van der Waals surface area contributed by atoms with Gasteiger partial charge in [-0.1, -0.05) is 6.92 Å². The third-order valence-corrected chi connectivity index (χ3v) is 6.10. The molecule has 3 heterocycles. The minimum absolute atomic E-state index is 0.785. The van der Waals surface area contributed by atoms with Crippen LogP contribution >= 0.6 is 11.3 Å². The van der Waals surface area contributed by atoms with Gasteiger partial charge in [0, 0.05) is 17.1 Å². The number of aromatic amines is 1. The van der Waals surface area contributed by atoms with E-state index >= 15 is 0 Å². The minimum atomic E-state index is 0.785. The molecule has 0 spiro atoms. The number of H-pyrrole nitrogens is 1. The van der Waals surface area contributed by atoms with Crippen LogP contribution in [-0.4, -0.2) is 26.7 Å². The number of thiophene rings is 1. The Morgan fingerprint density at radius 2 is 2.29 bits per heavy atom. The Hall–Kier alpha value is -1.95. The Labute approximate surface area is 145 Å². The number of hydrogen-bond donors (Lipinski definition) is 2. The first kappa shape index (κ1) is 15.6. The number of aromatic nitrogens is 4. The second-order valence-electron chi connectivity index (χ2n) is 6.80. The molecule has 0 saturated heterocycles. The lowest BCUT2D eigenvalue weighted by Gasteiger charge is -2.18. The van der Waals surface area contributed by atoms with Gasteiger partial charge in [0.15, 0.2) is 0 Å². The maximum atomic E-state index is 4.52. The Kier molecular flexibility index (Phi) is 4.22. The quantitative estimate of drug-likeness (QED) is 0.691. The molecule has 1 aliphatic rings. The lowest BCUT2D eigenvalue weighted by atomic mass is 9.89. The molecule has 0 bridgehead atoms. The molecule has 3 aromatic heterocycles. The first-order chi connectivity index (χ1) is 11.7. The van der Waals surface area contributed by atoms with Gasteiger partial charge in [0.25, 0.3) is 0 Å². The monoisotopic (exact) mass is 341 g/mol. The molecule has 126 valence electrons. The predicted octanol–water partition coefficient (Wildman–Crippen LogP) is 3.89. The van der Waals surface area contributed by atoms with E-state index in [1.54, 1.807) is 6.33 Å². The summed E-state index contributed by atoms with van der Waals surface area (Å²) in [5.74, 6) is 1.80. The summed E-state index contributed by atoms with van der Waals surface area (Å²) in [4.78, 5) is 11.7. The average Bonchev–Trinajstić information content (AvgIpc) is 3.14. The molecular weight excluding hydrogens is 318 g/mol. The number of fused-ring (bicyclic) bond motifs is 3. The predicted molar refractivity (Wildman–Crippen MR) is 98.7 cm³/mol. The Bertz CT molecular complexity index is 850. The Balaban J connectivity index is 1.49. The molecule has 4 rings (SSSR count). The molecule has 6 heteroatoms. The third-order valence-electron chi connectivity index (χ3n) is 4.94. The fraction of sp³-hybridized carbons (Fsp3) is 0.500. The number of nitrogens with one attached hydrogen (secondary N) is 2. The summed E-state index contributed by atoms with van der Waals surface area (Å²) >= 11 is 1.85. The van der Waals surface area contributed by atoms with E-state index in [9.17, 15) is 0 Å². The topological polar surface area (TPSA) is 66.5 Å². The second kappa shape index (κ2) is 6.51. The number of aryl methyl sites for hydroxylation is 3. The zero-order valence-electron chi connectivity index (χ0n) is 14.2. The van der Waals surface area contributed by atoms with Crippen molar-refractivity contribution < 1.29 is 0 Å². The van der Waals surface area contributed by atoms with Crippen LogP contribution < -0.4 is 5.32 Å². The molecule has 2 N–H and O–H groups in total. The maximum absolute atomic E-state index is 4.52. The van der Waals surface area contributed by atoms with Crippen LogP contribution in [0.3, 0.4) is 0 Å². The minimum Gasteiger partial charge on any atom is -0.369 e. The van der Waals surface area contributed by atoms with Crippen LogP contribution in [0.25, 0.3) is 10.2 Å². The highest BCUT2D eigenvalue weighted by atomic mass is 32.1. The molecule has 1 atom stereocenters. The molecule has 0 unspecified atom stereocenters. The number of hydrogen-bond acceptors (Lipinski definition) is 5. The zero-order chi connectivity index (χ0) is 16.5. The van der Waals surface area contributed by atoms with Crippen LogP contribution in [0.4, 0.5) is 5.82 Å². The van der Waals surface area contributed by atoms with E-state index in [0.717, 1.165) is 42.4 Å². The van der Waals surface area contributed by atoms with Crippen molar-refractivity contribution in [3.63, 3.8) is 0 Å². The summed E-state index contributed by atoms with van der Waals surface area (Å²) < 4.78 is 0. The lowest BCUT2D eigenvalue weighted by Crippen LogP contribution is -2.10. The van der Waals surface area contributed by atoms with Crippen molar-refractivity contribution in [2.45, 2.75) is 46.0 Å². The van der Waals surface area contributed by atoms with Crippen LogP contribution in [-0.2, 0) is 19.3 Å². The molecule has 0 amide bonds. The molecule has 0 aliphatic heterocycles. The van der Waals surface area contributed by atoms with Crippen LogP contribution in [0, 0.1) is 12.8 Å². The normalized spacial score (nSPS) is 17.2. The summed E-state index contributed by atoms with van der Waals surface area (Å²) in [7, 11) is 0. The van der Waals surface area contributed by atoms with Gasteiger partial charge < -0.3 is 5.32 Å². The summed E-state index contributed by atoms with van der Waals surface area (Å²) in [5.41, 5.74) is 3.95. The molecule has 5 nitrogen and oxygen atoms in total. The van der Waals surface area contributed by atoms with Crippen LogP contribution in [0.15, 0.2) is 12.5 Å². The van der Waals surface area contributed by atoms with E-state index in [2.05, 4.69) is 39.3 Å². The van der Waals surface area contributed by atoms with Crippen LogP contribution in [0.2, 0.25) is 0 Å². The largest absolute Gasteiger partial charge is 0.369 e. The van der Waals surface area contributed by atoms with Crippen molar-refractivity contribution in [1.29, 1.82) is 0 Å². The smallest absolute Gasteiger partial charge is 0.138 e. The lowest BCUT2D eigenvalue weighted by molar-refractivity contribution is 0.509. The Morgan fingerprint density at radius 1 is 1.38 bits per heavy atom. The average molecular weight is 341 g/mol. The highest BCUT2D eigenvalue weighted by Crippen LogP contribution is 2.39. The summed E-state index contributed by atoms with van der Waals surface area (Å²) in [6, 6.07) is 0. The van der Waals surface area contributed by atoms with Gasteiger partial charge in [-0.3, -0.25) is 5.10 Å². The number of rotatable bonds is 5. The van der Waals surface area contributed by atoms with Crippen LogP contribution in [0.5, 0.6) is 0 Å². The standard InChI is InChI=1S/C18H23N5S/c1-11-5-6-14-15(8-11)24-18-16(14)17(20-10-21-18)19-7-3-4-13-9-22-23-12(13)2/h9-11H,3-8H2,1-2H3,(H,22,23)(H,19,20,21)/t11-/m1/s1. The van der Waals surface area contributed by atoms with Crippen LogP contribution in [0.1, 0.15) is 41.5 Å². The second-order valence-corrected chi connectivity index (χ2v) is 7.89. The number of nitrogens with zero attached hydrogens (tertiary/aromatic N) is 3. The van der Waals surface area contributed by atoms with Gasteiger partial charge in [-0.05, 0) is 56.1 Å². The first-order valence-corrected chi connectivity index (χ1v) is 9.52. The first-order valence-electron chi connectivity index (χ1n) is 8.70. The van der Waals surface area contributed by atoms with Gasteiger partial charge >= 0.3 is 0 Å². The van der Waals surface area contributed by atoms with Crippen molar-refractivity contribution in [3.05, 3.63) is 34.2 Å². The molecule has 3 aromatic rings. The van der Waals surface area contributed by atoms with E-state index in [-0.39, 0.29) is 0 Å². The molecular formula is C18H23N5S. The van der Waals surface area contributed by atoms with Crippen molar-refractivity contribution >= 4 is 27.4 Å². The summed E-state index contributed by atoms with van der Waals surface area (Å²) in [6.07, 6.45) is 9.33. The zero-order valence-corrected chi connectivity index (χ0v) is 15.0. The molecule has 0 saturated carbocycles. The van der Waals surface area contributed by atoms with E-state index in [1.807, 2.05) is 17.5 Å². The Morgan fingerprint density at radius 3 is 3.12 bits per heavy atom. The third kappa shape index (κ3) is 2.90. The van der Waals surface area contributed by atoms with Gasteiger partial charge in [0.2, 0.25) is 0 Å². The highest BCUT2D eigenvalue weighted by molar-refractivity contribution is 7.19. The van der Waals surface area contributed by atoms with Gasteiger partial charge in [-0.25, -0.2) is 9.97 Å². The van der Waals surface area contributed by atoms with Gasteiger partial charge in [0.1, 0.15) is 17.0 Å². The molecule has 0 fully saturated rings. The van der Waals surface area contributed by atoms with Crippen molar-refractivity contribution in [2.24, 2.45) is 5.92 Å². The van der Waals surface area contributed by atoms with E-state index < -0.39 is 0 Å². The molecule has 0 aromatic carbocycles. The molecule has 0 radical (unpaired) electrons. The van der Waals surface area contributed by atoms with Crippen molar-refractivity contribution in [2.75, 3.05) is 11.9 Å². The van der Waals surface area contributed by atoms with Gasteiger partial charge in [-0.15, -0.1) is 11.3 Å². The SMILES string of the molecule is Cc1[nH]ncc1CCCNc1ncnc2sc3c(c12)CC[C@@H](C)C3. The van der Waals surface area contributed by atoms with E-state index in [0.29, 0.717) is 0 Å². The fourth-order valence-electron chi connectivity index (χ4n) is 3.52. The van der Waals surface area contributed by atoms with Gasteiger partial charge in [0.05, 0.1) is 11.6 Å². The van der Waals surface area contributed by atoms with Crippen molar-refractivity contribution in [3.8, 4) is 0 Å². The summed E-state index contributed by atoms with van der Waals surface area (Å²) in [6.45, 7) is 5.33. The highest BCUT2D eigenvalue weighted by Gasteiger charge is 2.22. The summed E-state index contributed by atoms with van der Waals surface area (Å²) in [5, 5.41) is 11.9. The molecule has 24 heavy (non-hydrogen) atoms. The van der Waals surface area contributed by atoms with E-state index in [4.69, 9.17) is 0 Å². The van der Waals surface area contributed by atoms with E-state index in [1.165, 1.54) is 39.9 Å². The maximum Gasteiger partial charge on any atom is 0.138 e. The van der Waals surface area contributed by atoms with Crippen molar-refractivity contribution in [1.82, 2.24) is 20.2 Å². The molecule has 1 aliphatic carbocycles. The van der Waals surface area contributed by atoms with Gasteiger partial charge in [-0.2, -0.15) is 5.10 Å².